The molecule has 0 aliphatic rings. The molecule has 0 saturated carbocycles. The molecule has 0 atom stereocenters. The lowest BCUT2D eigenvalue weighted by Gasteiger charge is -2.09. The van der Waals surface area contributed by atoms with E-state index in [0.717, 1.165) is 22.3 Å². The summed E-state index contributed by atoms with van der Waals surface area (Å²) >= 11 is 4.87. The molecule has 1 N–H and O–H groups in total. The highest BCUT2D eigenvalue weighted by Gasteiger charge is 2.30. The summed E-state index contributed by atoms with van der Waals surface area (Å²) in [5.41, 5.74) is 0.867. The zero-order valence-corrected chi connectivity index (χ0v) is 11.5. The van der Waals surface area contributed by atoms with Crippen LogP contribution in [0.15, 0.2) is 39.5 Å². The predicted octanol–water partition coefficient (Wildman–Crippen LogP) is 5.14. The Labute approximate surface area is 115 Å². The van der Waals surface area contributed by atoms with Crippen LogP contribution in [0.3, 0.4) is 0 Å². The van der Waals surface area contributed by atoms with Gasteiger partial charge in [-0.2, -0.15) is 13.2 Å². The van der Waals surface area contributed by atoms with Gasteiger partial charge in [-0.05, 0) is 33.6 Å². The van der Waals surface area contributed by atoms with Crippen molar-refractivity contribution >= 4 is 33.0 Å². The van der Waals surface area contributed by atoms with E-state index in [1.165, 1.54) is 17.4 Å². The van der Waals surface area contributed by atoms with Crippen LogP contribution >= 0.6 is 27.3 Å². The highest BCUT2D eigenvalue weighted by Crippen LogP contribution is 2.30. The third-order valence-electron chi connectivity index (χ3n) is 2.35. The zero-order chi connectivity index (χ0) is 13.2. The second kappa shape index (κ2) is 5.32. The minimum Gasteiger partial charge on any atom is -0.379 e. The molecule has 2 rings (SSSR count). The number of benzene rings is 1. The monoisotopic (exact) mass is 335 g/mol. The molecule has 0 bridgehead atoms. The van der Waals surface area contributed by atoms with Crippen LogP contribution in [0.5, 0.6) is 0 Å². The van der Waals surface area contributed by atoms with E-state index < -0.39 is 11.7 Å². The number of anilines is 1. The molecule has 0 spiro atoms. The Bertz CT molecular complexity index is 536. The fourth-order valence-corrected chi connectivity index (χ4v) is 2.85. The number of rotatable bonds is 3. The van der Waals surface area contributed by atoms with Crippen molar-refractivity contribution in [3.05, 3.63) is 50.6 Å². The highest BCUT2D eigenvalue weighted by molar-refractivity contribution is 9.10. The minimum atomic E-state index is -4.29. The van der Waals surface area contributed by atoms with Crippen molar-refractivity contribution in [3.8, 4) is 0 Å². The van der Waals surface area contributed by atoms with Crippen molar-refractivity contribution in [2.45, 2.75) is 12.7 Å². The second-order valence-corrected chi connectivity index (χ2v) is 5.28. The van der Waals surface area contributed by atoms with Crippen LogP contribution in [0.2, 0.25) is 0 Å². The molecule has 0 amide bonds. The van der Waals surface area contributed by atoms with Crippen molar-refractivity contribution in [2.75, 3.05) is 5.32 Å². The number of nitrogens with one attached hydrogen (secondary N) is 1. The Morgan fingerprint density at radius 1 is 1.22 bits per heavy atom. The normalized spacial score (nSPS) is 11.6. The first kappa shape index (κ1) is 13.4. The molecule has 0 unspecified atom stereocenters. The Balaban J connectivity index is 2.09. The Morgan fingerprint density at radius 3 is 2.61 bits per heavy atom. The van der Waals surface area contributed by atoms with Crippen LogP contribution in [0.4, 0.5) is 18.9 Å². The van der Waals surface area contributed by atoms with E-state index in [1.807, 2.05) is 10.8 Å². The summed E-state index contributed by atoms with van der Waals surface area (Å²) in [4.78, 5) is 0. The molecule has 1 aromatic heterocycles. The van der Waals surface area contributed by atoms with E-state index in [9.17, 15) is 13.2 Å². The lowest BCUT2D eigenvalue weighted by atomic mass is 10.1. The molecular weight excluding hydrogens is 327 g/mol. The first-order chi connectivity index (χ1) is 8.47. The van der Waals surface area contributed by atoms with Gasteiger partial charge >= 0.3 is 6.18 Å². The van der Waals surface area contributed by atoms with Gasteiger partial charge < -0.3 is 5.32 Å². The summed E-state index contributed by atoms with van der Waals surface area (Å²) in [6, 6.07) is 5.32. The second-order valence-electron chi connectivity index (χ2n) is 3.69. The SMILES string of the molecule is FC(F)(F)c1cccc(CNc2cscc2Br)c1. The Morgan fingerprint density at radius 2 is 2.00 bits per heavy atom. The number of hydrogen-bond acceptors (Lipinski definition) is 2. The van der Waals surface area contributed by atoms with Gasteiger partial charge in [0.1, 0.15) is 0 Å². The summed E-state index contributed by atoms with van der Waals surface area (Å²) in [7, 11) is 0. The van der Waals surface area contributed by atoms with Crippen LogP contribution < -0.4 is 5.32 Å². The quantitative estimate of drug-likeness (QED) is 0.818. The molecule has 1 nitrogen and oxygen atoms in total. The van der Waals surface area contributed by atoms with Gasteiger partial charge in [0.25, 0.3) is 0 Å². The van der Waals surface area contributed by atoms with Gasteiger partial charge in [-0.1, -0.05) is 12.1 Å². The average Bonchev–Trinajstić information content (AvgIpc) is 2.72. The van der Waals surface area contributed by atoms with Crippen molar-refractivity contribution < 1.29 is 13.2 Å². The maximum atomic E-state index is 12.5. The van der Waals surface area contributed by atoms with Gasteiger partial charge in [-0.25, -0.2) is 0 Å². The van der Waals surface area contributed by atoms with Crippen LogP contribution in [-0.2, 0) is 12.7 Å². The standard InChI is InChI=1S/C12H9BrF3NS/c13-10-6-18-7-11(10)17-5-8-2-1-3-9(4-8)12(14,15)16/h1-4,6-7,17H,5H2. The van der Waals surface area contributed by atoms with Crippen molar-refractivity contribution in [2.24, 2.45) is 0 Å². The minimum absolute atomic E-state index is 0.360. The van der Waals surface area contributed by atoms with Crippen LogP contribution in [-0.4, -0.2) is 0 Å². The number of halogens is 4. The van der Waals surface area contributed by atoms with Gasteiger partial charge in [0.2, 0.25) is 0 Å². The molecule has 96 valence electrons. The molecule has 2 aromatic rings. The maximum absolute atomic E-state index is 12.5. The summed E-state index contributed by atoms with van der Waals surface area (Å²) in [6.07, 6.45) is -4.29. The molecule has 0 aliphatic heterocycles. The fraction of sp³-hybridized carbons (Fsp3) is 0.167. The van der Waals surface area contributed by atoms with Crippen LogP contribution in [0.25, 0.3) is 0 Å². The number of alkyl halides is 3. The summed E-state index contributed by atoms with van der Waals surface area (Å²) in [5, 5.41) is 6.90. The molecule has 0 radical (unpaired) electrons. The van der Waals surface area contributed by atoms with E-state index >= 15 is 0 Å². The molecule has 0 aliphatic carbocycles. The third kappa shape index (κ3) is 3.26. The molecular formula is C12H9BrF3NS. The zero-order valence-electron chi connectivity index (χ0n) is 9.09. The highest BCUT2D eigenvalue weighted by atomic mass is 79.9. The van der Waals surface area contributed by atoms with Gasteiger partial charge in [0.15, 0.2) is 0 Å². The van der Waals surface area contributed by atoms with Gasteiger partial charge in [0.05, 0.1) is 15.7 Å². The molecule has 18 heavy (non-hydrogen) atoms. The number of hydrogen-bond donors (Lipinski definition) is 1. The van der Waals surface area contributed by atoms with Gasteiger partial charge in [-0.3, -0.25) is 0 Å². The smallest absolute Gasteiger partial charge is 0.379 e. The van der Waals surface area contributed by atoms with Crippen molar-refractivity contribution in [3.63, 3.8) is 0 Å². The fourth-order valence-electron chi connectivity index (χ4n) is 1.46. The van der Waals surface area contributed by atoms with Crippen LogP contribution in [0.1, 0.15) is 11.1 Å². The van der Waals surface area contributed by atoms with Crippen molar-refractivity contribution in [1.29, 1.82) is 0 Å². The van der Waals surface area contributed by atoms with Crippen LogP contribution in [0, 0.1) is 0 Å². The number of thiophene rings is 1. The summed E-state index contributed by atoms with van der Waals surface area (Å²) in [5.74, 6) is 0. The third-order valence-corrected chi connectivity index (χ3v) is 4.05. The molecule has 6 heteroatoms. The molecule has 0 fully saturated rings. The molecule has 1 heterocycles. The topological polar surface area (TPSA) is 12.0 Å². The lowest BCUT2D eigenvalue weighted by Crippen LogP contribution is -2.06. The Hall–Kier alpha value is -1.01. The summed E-state index contributed by atoms with van der Waals surface area (Å²) < 4.78 is 38.5. The largest absolute Gasteiger partial charge is 0.416 e. The Kier molecular flexibility index (Phi) is 3.97. The predicted molar refractivity (Wildman–Crippen MR) is 70.8 cm³/mol. The first-order valence-electron chi connectivity index (χ1n) is 5.08. The first-order valence-corrected chi connectivity index (χ1v) is 6.82. The van der Waals surface area contributed by atoms with E-state index in [0.29, 0.717) is 12.1 Å². The van der Waals surface area contributed by atoms with Crippen molar-refractivity contribution in [1.82, 2.24) is 0 Å². The average molecular weight is 336 g/mol. The molecule has 0 saturated heterocycles. The van der Waals surface area contributed by atoms with E-state index in [-0.39, 0.29) is 0 Å². The van der Waals surface area contributed by atoms with Gasteiger partial charge in [0, 0.05) is 17.3 Å². The lowest BCUT2D eigenvalue weighted by molar-refractivity contribution is -0.137. The van der Waals surface area contributed by atoms with Gasteiger partial charge in [-0.15, -0.1) is 11.3 Å². The van der Waals surface area contributed by atoms with E-state index in [1.54, 1.807) is 6.07 Å². The summed E-state index contributed by atoms with van der Waals surface area (Å²) in [6.45, 7) is 0.360. The van der Waals surface area contributed by atoms with E-state index in [2.05, 4.69) is 21.2 Å². The maximum Gasteiger partial charge on any atom is 0.416 e. The van der Waals surface area contributed by atoms with E-state index in [4.69, 9.17) is 0 Å². The molecule has 1 aromatic carbocycles.